The van der Waals surface area contributed by atoms with Crippen LogP contribution < -0.4 is 0 Å². The predicted molar refractivity (Wildman–Crippen MR) is 72.0 cm³/mol. The number of aromatic nitrogens is 1. The van der Waals surface area contributed by atoms with Crippen molar-refractivity contribution in [1.82, 2.24) is 9.88 Å². The Hall–Kier alpha value is -1.62. The van der Waals surface area contributed by atoms with Gasteiger partial charge in [0.05, 0.1) is 0 Å². The summed E-state index contributed by atoms with van der Waals surface area (Å²) in [5.74, 6) is 0.408. The number of likely N-dealkylation sites (N-methyl/N-ethyl adjacent to an activating group) is 1. The summed E-state index contributed by atoms with van der Waals surface area (Å²) in [6.45, 7) is 0. The van der Waals surface area contributed by atoms with Crippen LogP contribution in [0.3, 0.4) is 0 Å². The van der Waals surface area contributed by atoms with E-state index in [0.717, 1.165) is 15.7 Å². The molecular formula is C13H13BrN2O2. The highest BCUT2D eigenvalue weighted by Crippen LogP contribution is 2.21. The number of benzene rings is 1. The number of rotatable bonds is 3. The summed E-state index contributed by atoms with van der Waals surface area (Å²) in [4.78, 5) is 17.3. The van der Waals surface area contributed by atoms with Gasteiger partial charge in [0, 0.05) is 24.1 Å². The Morgan fingerprint density at radius 1 is 1.33 bits per heavy atom. The molecular weight excluding hydrogens is 296 g/mol. The predicted octanol–water partition coefficient (Wildman–Crippen LogP) is 2.73. The molecule has 0 aliphatic rings. The van der Waals surface area contributed by atoms with Crippen molar-refractivity contribution in [1.29, 1.82) is 0 Å². The van der Waals surface area contributed by atoms with Crippen molar-refractivity contribution in [2.75, 3.05) is 14.1 Å². The highest BCUT2D eigenvalue weighted by atomic mass is 79.9. The van der Waals surface area contributed by atoms with E-state index >= 15 is 0 Å². The number of nitrogens with zero attached hydrogens (tertiary/aromatic N) is 2. The van der Waals surface area contributed by atoms with Crippen LogP contribution in [0.1, 0.15) is 5.89 Å². The zero-order chi connectivity index (χ0) is 13.1. The van der Waals surface area contributed by atoms with Crippen molar-refractivity contribution in [3.05, 3.63) is 40.9 Å². The van der Waals surface area contributed by atoms with Crippen LogP contribution in [0.4, 0.5) is 0 Å². The largest absolute Gasteiger partial charge is 0.448 e. The van der Waals surface area contributed by atoms with Gasteiger partial charge in [0.1, 0.15) is 18.4 Å². The molecule has 0 saturated carbocycles. The van der Waals surface area contributed by atoms with Crippen LogP contribution in [-0.4, -0.2) is 29.9 Å². The smallest absolute Gasteiger partial charge is 0.231 e. The minimum atomic E-state index is -0.0285. The zero-order valence-electron chi connectivity index (χ0n) is 10.2. The molecule has 0 radical (unpaired) electrons. The Bertz CT molecular complexity index is 546. The molecule has 4 nitrogen and oxygen atoms in total. The molecule has 0 atom stereocenters. The van der Waals surface area contributed by atoms with Crippen molar-refractivity contribution >= 4 is 21.8 Å². The van der Waals surface area contributed by atoms with Gasteiger partial charge in [-0.25, -0.2) is 4.98 Å². The van der Waals surface area contributed by atoms with Gasteiger partial charge in [0.25, 0.3) is 0 Å². The molecule has 1 heterocycles. The number of oxazole rings is 1. The second kappa shape index (κ2) is 5.35. The third-order valence-electron chi connectivity index (χ3n) is 2.49. The molecule has 0 N–H and O–H groups in total. The molecule has 5 heteroatoms. The van der Waals surface area contributed by atoms with Gasteiger partial charge >= 0.3 is 0 Å². The minimum Gasteiger partial charge on any atom is -0.448 e. The average molecular weight is 309 g/mol. The minimum absolute atomic E-state index is 0.0285. The van der Waals surface area contributed by atoms with E-state index in [1.807, 2.05) is 24.3 Å². The Morgan fingerprint density at radius 2 is 2.00 bits per heavy atom. The molecule has 1 aromatic heterocycles. The van der Waals surface area contributed by atoms with Crippen LogP contribution in [0.15, 0.2) is 39.4 Å². The molecule has 0 bridgehead atoms. The molecule has 18 heavy (non-hydrogen) atoms. The van der Waals surface area contributed by atoms with E-state index in [1.54, 1.807) is 20.4 Å². The Kier molecular flexibility index (Phi) is 3.81. The first-order valence-electron chi connectivity index (χ1n) is 5.47. The van der Waals surface area contributed by atoms with Gasteiger partial charge in [0.15, 0.2) is 0 Å². The lowest BCUT2D eigenvalue weighted by Gasteiger charge is -2.07. The van der Waals surface area contributed by atoms with Crippen LogP contribution in [0.25, 0.3) is 11.3 Å². The second-order valence-electron chi connectivity index (χ2n) is 4.10. The monoisotopic (exact) mass is 308 g/mol. The zero-order valence-corrected chi connectivity index (χ0v) is 11.8. The third kappa shape index (κ3) is 2.98. The SMILES string of the molecule is CN(C)C(=O)Cc1nc(-c2ccc(Br)cc2)co1. The van der Waals surface area contributed by atoms with Gasteiger partial charge in [0.2, 0.25) is 11.8 Å². The van der Waals surface area contributed by atoms with Crippen molar-refractivity contribution in [2.45, 2.75) is 6.42 Å². The summed E-state index contributed by atoms with van der Waals surface area (Å²) in [5, 5.41) is 0. The summed E-state index contributed by atoms with van der Waals surface area (Å²) in [6.07, 6.45) is 1.75. The second-order valence-corrected chi connectivity index (χ2v) is 5.01. The first-order valence-corrected chi connectivity index (χ1v) is 6.26. The first-order chi connectivity index (χ1) is 8.56. The van der Waals surface area contributed by atoms with Gasteiger partial charge in [-0.2, -0.15) is 0 Å². The fraction of sp³-hybridized carbons (Fsp3) is 0.231. The molecule has 0 aliphatic carbocycles. The van der Waals surface area contributed by atoms with Crippen LogP contribution in [-0.2, 0) is 11.2 Å². The molecule has 94 valence electrons. The maximum atomic E-state index is 11.5. The molecule has 0 saturated heterocycles. The average Bonchev–Trinajstić information content (AvgIpc) is 2.78. The summed E-state index contributed by atoms with van der Waals surface area (Å²) in [6, 6.07) is 7.77. The van der Waals surface area contributed by atoms with E-state index in [2.05, 4.69) is 20.9 Å². The van der Waals surface area contributed by atoms with Crippen LogP contribution in [0.2, 0.25) is 0 Å². The topological polar surface area (TPSA) is 46.3 Å². The summed E-state index contributed by atoms with van der Waals surface area (Å²) >= 11 is 3.38. The highest BCUT2D eigenvalue weighted by Gasteiger charge is 2.11. The number of carbonyl (C=O) groups excluding carboxylic acids is 1. The standard InChI is InChI=1S/C13H13BrN2O2/c1-16(2)13(17)7-12-15-11(8-18-12)9-3-5-10(14)6-4-9/h3-6,8H,7H2,1-2H3. The van der Waals surface area contributed by atoms with Crippen LogP contribution in [0.5, 0.6) is 0 Å². The van der Waals surface area contributed by atoms with E-state index in [0.29, 0.717) is 5.89 Å². The van der Waals surface area contributed by atoms with Crippen LogP contribution in [0, 0.1) is 0 Å². The van der Waals surface area contributed by atoms with E-state index < -0.39 is 0 Å². The maximum absolute atomic E-state index is 11.5. The van der Waals surface area contributed by atoms with Crippen LogP contribution >= 0.6 is 15.9 Å². The summed E-state index contributed by atoms with van der Waals surface area (Å²) in [7, 11) is 3.42. The number of hydrogen-bond acceptors (Lipinski definition) is 3. The van der Waals surface area contributed by atoms with Gasteiger partial charge in [-0.15, -0.1) is 0 Å². The molecule has 1 aromatic carbocycles. The molecule has 0 fully saturated rings. The lowest BCUT2D eigenvalue weighted by atomic mass is 10.2. The maximum Gasteiger partial charge on any atom is 0.231 e. The molecule has 2 rings (SSSR count). The number of hydrogen-bond donors (Lipinski definition) is 0. The van der Waals surface area contributed by atoms with Gasteiger partial charge in [-0.1, -0.05) is 28.1 Å². The normalized spacial score (nSPS) is 10.4. The summed E-state index contributed by atoms with van der Waals surface area (Å²) in [5.41, 5.74) is 1.70. The molecule has 2 aromatic rings. The lowest BCUT2D eigenvalue weighted by Crippen LogP contribution is -2.23. The third-order valence-corrected chi connectivity index (χ3v) is 3.02. The van der Waals surface area contributed by atoms with E-state index in [1.165, 1.54) is 4.90 Å². The molecule has 0 spiro atoms. The fourth-order valence-electron chi connectivity index (χ4n) is 1.43. The quantitative estimate of drug-likeness (QED) is 0.876. The van der Waals surface area contributed by atoms with Gasteiger partial charge in [-0.3, -0.25) is 4.79 Å². The van der Waals surface area contributed by atoms with Crippen molar-refractivity contribution < 1.29 is 9.21 Å². The van der Waals surface area contributed by atoms with E-state index in [-0.39, 0.29) is 12.3 Å². The van der Waals surface area contributed by atoms with E-state index in [4.69, 9.17) is 4.42 Å². The van der Waals surface area contributed by atoms with Crippen molar-refractivity contribution in [3.63, 3.8) is 0 Å². The first kappa shape index (κ1) is 12.8. The lowest BCUT2D eigenvalue weighted by molar-refractivity contribution is -0.128. The Balaban J connectivity index is 2.15. The number of halogens is 1. The van der Waals surface area contributed by atoms with Gasteiger partial charge < -0.3 is 9.32 Å². The van der Waals surface area contributed by atoms with E-state index in [9.17, 15) is 4.79 Å². The number of carbonyl (C=O) groups is 1. The van der Waals surface area contributed by atoms with Crippen molar-refractivity contribution in [3.8, 4) is 11.3 Å². The Labute approximate surface area is 114 Å². The van der Waals surface area contributed by atoms with Crippen molar-refractivity contribution in [2.24, 2.45) is 0 Å². The highest BCUT2D eigenvalue weighted by molar-refractivity contribution is 9.10. The molecule has 0 aliphatic heterocycles. The molecule has 1 amide bonds. The fourth-order valence-corrected chi connectivity index (χ4v) is 1.70. The molecule has 0 unspecified atom stereocenters. The van der Waals surface area contributed by atoms with Gasteiger partial charge in [-0.05, 0) is 12.1 Å². The Morgan fingerprint density at radius 3 is 2.61 bits per heavy atom. The number of amides is 1. The summed E-state index contributed by atoms with van der Waals surface area (Å²) < 4.78 is 6.31.